The van der Waals surface area contributed by atoms with E-state index in [1.54, 1.807) is 12.3 Å². The number of benzene rings is 1. The second-order valence-electron chi connectivity index (χ2n) is 4.71. The van der Waals surface area contributed by atoms with Gasteiger partial charge in [-0.1, -0.05) is 12.1 Å². The van der Waals surface area contributed by atoms with Crippen LogP contribution in [-0.2, 0) is 0 Å². The first kappa shape index (κ1) is 11.9. The molecule has 0 spiro atoms. The minimum atomic E-state index is -0.440. The van der Waals surface area contributed by atoms with Crippen LogP contribution in [0.5, 0.6) is 11.5 Å². The Kier molecular flexibility index (Phi) is 2.60. The van der Waals surface area contributed by atoms with E-state index in [1.165, 1.54) is 6.20 Å². The number of nitrogens with one attached hydrogen (secondary N) is 1. The van der Waals surface area contributed by atoms with Gasteiger partial charge in [0.15, 0.2) is 23.4 Å². The van der Waals surface area contributed by atoms with E-state index in [0.717, 1.165) is 0 Å². The van der Waals surface area contributed by atoms with Gasteiger partial charge in [0.1, 0.15) is 6.61 Å². The zero-order chi connectivity index (χ0) is 14.2. The molecule has 0 fully saturated rings. The molecule has 6 heteroatoms. The van der Waals surface area contributed by atoms with Gasteiger partial charge in [0.25, 0.3) is 5.56 Å². The van der Waals surface area contributed by atoms with E-state index >= 15 is 0 Å². The van der Waals surface area contributed by atoms with Crippen LogP contribution in [0, 0.1) is 0 Å². The summed E-state index contributed by atoms with van der Waals surface area (Å²) in [5.41, 5.74) is 0.358. The SMILES string of the molecule is O=c1[nH]c(C2COc3ccccc3O2)nc2ccncc12. The summed E-state index contributed by atoms with van der Waals surface area (Å²) in [6.45, 7) is 0.302. The van der Waals surface area contributed by atoms with Crippen molar-refractivity contribution in [3.05, 3.63) is 58.9 Å². The van der Waals surface area contributed by atoms with Crippen LogP contribution < -0.4 is 15.0 Å². The number of H-pyrrole nitrogens is 1. The molecule has 2 aromatic heterocycles. The topological polar surface area (TPSA) is 77.1 Å². The van der Waals surface area contributed by atoms with Crippen LogP contribution in [0.2, 0.25) is 0 Å². The molecule has 1 N–H and O–H groups in total. The van der Waals surface area contributed by atoms with Gasteiger partial charge in [-0.15, -0.1) is 0 Å². The number of hydrogen-bond acceptors (Lipinski definition) is 5. The number of nitrogens with zero attached hydrogens (tertiary/aromatic N) is 2. The van der Waals surface area contributed by atoms with Crippen LogP contribution in [0.3, 0.4) is 0 Å². The van der Waals surface area contributed by atoms with Crippen molar-refractivity contribution in [3.8, 4) is 11.5 Å². The number of aromatic nitrogens is 3. The highest BCUT2D eigenvalue weighted by molar-refractivity contribution is 5.75. The standard InChI is InChI=1S/C15H11N3O3/c19-15-9-7-16-6-5-10(9)17-14(18-15)13-8-20-11-3-1-2-4-12(11)21-13/h1-7,13H,8H2,(H,17,18,19). The largest absolute Gasteiger partial charge is 0.485 e. The van der Waals surface area contributed by atoms with Crippen LogP contribution in [0.25, 0.3) is 10.9 Å². The lowest BCUT2D eigenvalue weighted by molar-refractivity contribution is 0.0851. The molecule has 1 aliphatic rings. The van der Waals surface area contributed by atoms with Gasteiger partial charge in [-0.05, 0) is 18.2 Å². The van der Waals surface area contributed by atoms with Crippen LogP contribution in [0.4, 0.5) is 0 Å². The number of ether oxygens (including phenoxy) is 2. The van der Waals surface area contributed by atoms with Gasteiger partial charge < -0.3 is 14.5 Å². The zero-order valence-corrected chi connectivity index (χ0v) is 10.9. The molecule has 104 valence electrons. The third kappa shape index (κ3) is 2.01. The minimum absolute atomic E-state index is 0.231. The third-order valence-electron chi connectivity index (χ3n) is 3.34. The Morgan fingerprint density at radius 3 is 2.95 bits per heavy atom. The summed E-state index contributed by atoms with van der Waals surface area (Å²) in [5.74, 6) is 1.79. The number of rotatable bonds is 1. The van der Waals surface area contributed by atoms with Gasteiger partial charge in [0.05, 0.1) is 10.9 Å². The molecule has 4 rings (SSSR count). The molecule has 1 unspecified atom stereocenters. The Labute approximate surface area is 119 Å². The second-order valence-corrected chi connectivity index (χ2v) is 4.71. The molecule has 0 amide bonds. The first-order valence-corrected chi connectivity index (χ1v) is 6.54. The molecular formula is C15H11N3O3. The fourth-order valence-electron chi connectivity index (χ4n) is 2.31. The Morgan fingerprint density at radius 2 is 2.05 bits per heavy atom. The summed E-state index contributed by atoms with van der Waals surface area (Å²) in [7, 11) is 0. The molecule has 6 nitrogen and oxygen atoms in total. The van der Waals surface area contributed by atoms with Crippen LogP contribution in [0.15, 0.2) is 47.5 Å². The Morgan fingerprint density at radius 1 is 1.19 bits per heavy atom. The lowest BCUT2D eigenvalue weighted by Crippen LogP contribution is -2.26. The van der Waals surface area contributed by atoms with Crippen molar-refractivity contribution in [1.82, 2.24) is 15.0 Å². The molecule has 1 atom stereocenters. The first-order chi connectivity index (χ1) is 10.3. The first-order valence-electron chi connectivity index (χ1n) is 6.54. The maximum Gasteiger partial charge on any atom is 0.260 e. The number of fused-ring (bicyclic) bond motifs is 2. The highest BCUT2D eigenvalue weighted by Gasteiger charge is 2.24. The Bertz CT molecular complexity index is 875. The normalized spacial score (nSPS) is 16.9. The maximum absolute atomic E-state index is 12.1. The fraction of sp³-hybridized carbons (Fsp3) is 0.133. The summed E-state index contributed by atoms with van der Waals surface area (Å²) in [4.78, 5) is 23.2. The highest BCUT2D eigenvalue weighted by atomic mass is 16.6. The Balaban J connectivity index is 1.76. The van der Waals surface area contributed by atoms with Crippen molar-refractivity contribution in [1.29, 1.82) is 0 Å². The number of pyridine rings is 1. The molecular weight excluding hydrogens is 270 g/mol. The number of hydrogen-bond donors (Lipinski definition) is 1. The summed E-state index contributed by atoms with van der Waals surface area (Å²) >= 11 is 0. The molecule has 0 saturated heterocycles. The summed E-state index contributed by atoms with van der Waals surface area (Å²) < 4.78 is 11.5. The summed E-state index contributed by atoms with van der Waals surface area (Å²) in [6.07, 6.45) is 2.66. The molecule has 0 aliphatic carbocycles. The average molecular weight is 281 g/mol. The van der Waals surface area contributed by atoms with E-state index in [9.17, 15) is 4.79 Å². The minimum Gasteiger partial charge on any atom is -0.485 e. The third-order valence-corrected chi connectivity index (χ3v) is 3.34. The highest BCUT2D eigenvalue weighted by Crippen LogP contribution is 2.34. The van der Waals surface area contributed by atoms with E-state index in [1.807, 2.05) is 24.3 Å². The molecule has 0 bridgehead atoms. The van der Waals surface area contributed by atoms with E-state index in [-0.39, 0.29) is 5.56 Å². The van der Waals surface area contributed by atoms with E-state index in [2.05, 4.69) is 15.0 Å². The lowest BCUT2D eigenvalue weighted by Gasteiger charge is -2.25. The van der Waals surface area contributed by atoms with Crippen LogP contribution in [0.1, 0.15) is 11.9 Å². The van der Waals surface area contributed by atoms with Crippen molar-refractivity contribution in [2.75, 3.05) is 6.61 Å². The maximum atomic E-state index is 12.1. The zero-order valence-electron chi connectivity index (χ0n) is 10.9. The fourth-order valence-corrected chi connectivity index (χ4v) is 2.31. The average Bonchev–Trinajstić information content (AvgIpc) is 2.54. The van der Waals surface area contributed by atoms with Crippen LogP contribution in [-0.4, -0.2) is 21.6 Å². The van der Waals surface area contributed by atoms with Crippen molar-refractivity contribution in [2.45, 2.75) is 6.10 Å². The van der Waals surface area contributed by atoms with Crippen LogP contribution >= 0.6 is 0 Å². The molecule has 3 aromatic rings. The smallest absolute Gasteiger partial charge is 0.260 e. The van der Waals surface area contributed by atoms with Crippen molar-refractivity contribution < 1.29 is 9.47 Å². The predicted octanol–water partition coefficient (Wildman–Crippen LogP) is 1.83. The molecule has 21 heavy (non-hydrogen) atoms. The van der Waals surface area contributed by atoms with Gasteiger partial charge in [-0.3, -0.25) is 9.78 Å². The number of aromatic amines is 1. The molecule has 1 aromatic carbocycles. The van der Waals surface area contributed by atoms with Gasteiger partial charge in [0.2, 0.25) is 0 Å². The van der Waals surface area contributed by atoms with Gasteiger partial charge in [-0.2, -0.15) is 0 Å². The quantitative estimate of drug-likeness (QED) is 0.736. The van der Waals surface area contributed by atoms with E-state index in [4.69, 9.17) is 9.47 Å². The molecule has 0 saturated carbocycles. The summed E-state index contributed by atoms with van der Waals surface area (Å²) in [5, 5.41) is 0.457. The lowest BCUT2D eigenvalue weighted by atomic mass is 10.2. The monoisotopic (exact) mass is 281 g/mol. The Hall–Kier alpha value is -2.89. The van der Waals surface area contributed by atoms with Crippen molar-refractivity contribution in [3.63, 3.8) is 0 Å². The molecule has 1 aliphatic heterocycles. The second kappa shape index (κ2) is 4.59. The van der Waals surface area contributed by atoms with Crippen molar-refractivity contribution >= 4 is 10.9 Å². The van der Waals surface area contributed by atoms with E-state index in [0.29, 0.717) is 34.8 Å². The van der Waals surface area contributed by atoms with Gasteiger partial charge in [0, 0.05) is 12.4 Å². The van der Waals surface area contributed by atoms with Crippen molar-refractivity contribution in [2.24, 2.45) is 0 Å². The molecule has 0 radical (unpaired) electrons. The van der Waals surface area contributed by atoms with Gasteiger partial charge in [-0.25, -0.2) is 4.98 Å². The van der Waals surface area contributed by atoms with E-state index < -0.39 is 6.10 Å². The summed E-state index contributed by atoms with van der Waals surface area (Å²) in [6, 6.07) is 9.11. The molecule has 3 heterocycles. The van der Waals surface area contributed by atoms with Gasteiger partial charge >= 0.3 is 0 Å². The predicted molar refractivity (Wildman–Crippen MR) is 75.5 cm³/mol. The number of para-hydroxylation sites is 2.